The summed E-state index contributed by atoms with van der Waals surface area (Å²) in [5.74, 6) is 0.363. The lowest BCUT2D eigenvalue weighted by Crippen LogP contribution is -2.34. The summed E-state index contributed by atoms with van der Waals surface area (Å²) in [6.45, 7) is 2.07. The van der Waals surface area contributed by atoms with E-state index in [1.165, 1.54) is 5.56 Å². The molecule has 0 aliphatic heterocycles. The van der Waals surface area contributed by atoms with Crippen LogP contribution in [0, 0.1) is 0 Å². The molecule has 0 bridgehead atoms. The quantitative estimate of drug-likeness (QED) is 0.878. The van der Waals surface area contributed by atoms with Crippen LogP contribution in [0.1, 0.15) is 36.9 Å². The molecule has 3 nitrogen and oxygen atoms in total. The summed E-state index contributed by atoms with van der Waals surface area (Å²) >= 11 is 0. The van der Waals surface area contributed by atoms with Crippen LogP contribution in [0.2, 0.25) is 0 Å². The first-order chi connectivity index (χ1) is 9.91. The van der Waals surface area contributed by atoms with Crippen molar-refractivity contribution < 1.29 is 23.0 Å². The van der Waals surface area contributed by atoms with Crippen LogP contribution in [0.5, 0.6) is 5.75 Å². The Hall–Kier alpha value is -1.27. The summed E-state index contributed by atoms with van der Waals surface area (Å²) in [5, 5.41) is 12.3. The van der Waals surface area contributed by atoms with E-state index in [1.807, 2.05) is 13.0 Å². The zero-order valence-corrected chi connectivity index (χ0v) is 11.9. The van der Waals surface area contributed by atoms with Gasteiger partial charge in [-0.2, -0.15) is 13.2 Å². The predicted molar refractivity (Wildman–Crippen MR) is 73.4 cm³/mol. The van der Waals surface area contributed by atoms with E-state index in [2.05, 4.69) is 5.32 Å². The van der Waals surface area contributed by atoms with Crippen LogP contribution in [0.3, 0.4) is 0 Å². The highest BCUT2D eigenvalue weighted by atomic mass is 19.4. The van der Waals surface area contributed by atoms with Gasteiger partial charge in [-0.15, -0.1) is 0 Å². The van der Waals surface area contributed by atoms with Crippen molar-refractivity contribution in [3.05, 3.63) is 29.3 Å². The molecular formula is C15H20F3NO2. The summed E-state index contributed by atoms with van der Waals surface area (Å²) in [6.07, 6.45) is -4.03. The van der Waals surface area contributed by atoms with Crippen molar-refractivity contribution in [2.45, 2.75) is 44.5 Å². The first-order valence-electron chi connectivity index (χ1n) is 7.15. The van der Waals surface area contributed by atoms with E-state index in [4.69, 9.17) is 9.84 Å². The minimum Gasteiger partial charge on any atom is -0.491 e. The predicted octanol–water partition coefficient (Wildman–Crippen LogP) is 2.98. The Morgan fingerprint density at radius 3 is 2.86 bits per heavy atom. The molecule has 0 radical (unpaired) electrons. The normalized spacial score (nSPS) is 20.0. The molecule has 2 atom stereocenters. The maximum Gasteiger partial charge on any atom is 0.417 e. The molecule has 1 aliphatic rings. The first-order valence-corrected chi connectivity index (χ1v) is 7.15. The van der Waals surface area contributed by atoms with Crippen LogP contribution in [0.15, 0.2) is 18.2 Å². The molecule has 21 heavy (non-hydrogen) atoms. The number of benzene rings is 1. The van der Waals surface area contributed by atoms with Gasteiger partial charge in [-0.3, -0.25) is 0 Å². The standard InChI is InChI=1S/C15H20F3NO2/c1-2-19-13-5-3-4-10-6-7-11(8-12(10)13)21-9-14(20)15(16,17)18/h6-8,13-14,19-20H,2-5,9H2,1H3. The van der Waals surface area contributed by atoms with Gasteiger partial charge in [-0.1, -0.05) is 13.0 Å². The summed E-state index contributed by atoms with van der Waals surface area (Å²) in [5.41, 5.74) is 2.29. The molecule has 2 unspecified atom stereocenters. The second kappa shape index (κ2) is 6.66. The van der Waals surface area contributed by atoms with Gasteiger partial charge in [-0.05, 0) is 49.1 Å². The largest absolute Gasteiger partial charge is 0.491 e. The van der Waals surface area contributed by atoms with E-state index in [0.717, 1.165) is 31.4 Å². The van der Waals surface area contributed by atoms with Crippen LogP contribution in [-0.2, 0) is 6.42 Å². The third kappa shape index (κ3) is 4.11. The van der Waals surface area contributed by atoms with E-state index in [-0.39, 0.29) is 6.04 Å². The van der Waals surface area contributed by atoms with Crippen LogP contribution >= 0.6 is 0 Å². The van der Waals surface area contributed by atoms with E-state index in [0.29, 0.717) is 5.75 Å². The number of nitrogens with one attached hydrogen (secondary N) is 1. The number of fused-ring (bicyclic) bond motifs is 1. The Morgan fingerprint density at radius 1 is 1.43 bits per heavy atom. The SMILES string of the molecule is CCNC1CCCc2ccc(OCC(O)C(F)(F)F)cc21. The monoisotopic (exact) mass is 303 g/mol. The lowest BCUT2D eigenvalue weighted by atomic mass is 9.87. The molecule has 2 N–H and O–H groups in total. The number of aliphatic hydroxyl groups excluding tert-OH is 1. The molecule has 1 aromatic rings. The Bertz CT molecular complexity index is 476. The Labute approximate surface area is 122 Å². The Balaban J connectivity index is 2.07. The number of rotatable bonds is 5. The molecule has 1 aromatic carbocycles. The second-order valence-corrected chi connectivity index (χ2v) is 5.23. The molecule has 0 fully saturated rings. The third-order valence-electron chi connectivity index (χ3n) is 3.67. The van der Waals surface area contributed by atoms with Gasteiger partial charge in [-0.25, -0.2) is 0 Å². The Kier molecular flexibility index (Phi) is 5.11. The highest BCUT2D eigenvalue weighted by Crippen LogP contribution is 2.32. The number of halogens is 3. The number of ether oxygens (including phenoxy) is 1. The second-order valence-electron chi connectivity index (χ2n) is 5.23. The lowest BCUT2D eigenvalue weighted by molar-refractivity contribution is -0.210. The lowest BCUT2D eigenvalue weighted by Gasteiger charge is -2.27. The fourth-order valence-electron chi connectivity index (χ4n) is 2.60. The van der Waals surface area contributed by atoms with Crippen molar-refractivity contribution in [2.75, 3.05) is 13.2 Å². The van der Waals surface area contributed by atoms with Crippen molar-refractivity contribution >= 4 is 0 Å². The number of aryl methyl sites for hydroxylation is 1. The number of hydrogen-bond acceptors (Lipinski definition) is 3. The molecule has 2 rings (SSSR count). The minimum absolute atomic E-state index is 0.217. The molecule has 6 heteroatoms. The van der Waals surface area contributed by atoms with Gasteiger partial charge >= 0.3 is 6.18 Å². The molecular weight excluding hydrogens is 283 g/mol. The van der Waals surface area contributed by atoms with Gasteiger partial charge in [0.05, 0.1) is 0 Å². The van der Waals surface area contributed by atoms with Crippen molar-refractivity contribution in [1.29, 1.82) is 0 Å². The average Bonchev–Trinajstić information content (AvgIpc) is 2.44. The fourth-order valence-corrected chi connectivity index (χ4v) is 2.60. The molecule has 0 saturated heterocycles. The van der Waals surface area contributed by atoms with Crippen molar-refractivity contribution in [1.82, 2.24) is 5.32 Å². The maximum absolute atomic E-state index is 12.2. The summed E-state index contributed by atoms with van der Waals surface area (Å²) < 4.78 is 41.8. The summed E-state index contributed by atoms with van der Waals surface area (Å²) in [4.78, 5) is 0. The van der Waals surface area contributed by atoms with Crippen molar-refractivity contribution in [2.24, 2.45) is 0 Å². The fraction of sp³-hybridized carbons (Fsp3) is 0.600. The highest BCUT2D eigenvalue weighted by Gasteiger charge is 2.38. The van der Waals surface area contributed by atoms with Gasteiger partial charge in [0, 0.05) is 6.04 Å². The smallest absolute Gasteiger partial charge is 0.417 e. The topological polar surface area (TPSA) is 41.5 Å². The maximum atomic E-state index is 12.2. The molecule has 0 saturated carbocycles. The molecule has 0 heterocycles. The summed E-state index contributed by atoms with van der Waals surface area (Å²) in [7, 11) is 0. The van der Waals surface area contributed by atoms with Crippen LogP contribution in [0.4, 0.5) is 13.2 Å². The molecule has 1 aliphatic carbocycles. The van der Waals surface area contributed by atoms with E-state index in [9.17, 15) is 13.2 Å². The van der Waals surface area contributed by atoms with Gasteiger partial charge < -0.3 is 15.2 Å². The van der Waals surface area contributed by atoms with E-state index < -0.39 is 18.9 Å². The minimum atomic E-state index is -4.65. The van der Waals surface area contributed by atoms with Crippen molar-refractivity contribution in [3.8, 4) is 5.75 Å². The van der Waals surface area contributed by atoms with Crippen LogP contribution in [-0.4, -0.2) is 30.5 Å². The number of hydrogen-bond donors (Lipinski definition) is 2. The van der Waals surface area contributed by atoms with Crippen LogP contribution in [0.25, 0.3) is 0 Å². The summed E-state index contributed by atoms with van der Waals surface area (Å²) in [6, 6.07) is 5.56. The van der Waals surface area contributed by atoms with E-state index >= 15 is 0 Å². The van der Waals surface area contributed by atoms with Crippen molar-refractivity contribution in [3.63, 3.8) is 0 Å². The van der Waals surface area contributed by atoms with Crippen LogP contribution < -0.4 is 10.1 Å². The zero-order valence-electron chi connectivity index (χ0n) is 11.9. The number of alkyl halides is 3. The molecule has 0 amide bonds. The van der Waals surface area contributed by atoms with Gasteiger partial charge in [0.1, 0.15) is 12.4 Å². The van der Waals surface area contributed by atoms with E-state index in [1.54, 1.807) is 12.1 Å². The third-order valence-corrected chi connectivity index (χ3v) is 3.67. The first kappa shape index (κ1) is 16.1. The molecule has 0 spiro atoms. The Morgan fingerprint density at radius 2 is 2.19 bits per heavy atom. The van der Waals surface area contributed by atoms with Gasteiger partial charge in [0.25, 0.3) is 0 Å². The molecule has 118 valence electrons. The van der Waals surface area contributed by atoms with Gasteiger partial charge in [0.15, 0.2) is 6.10 Å². The highest BCUT2D eigenvalue weighted by molar-refractivity contribution is 5.39. The van der Waals surface area contributed by atoms with Gasteiger partial charge in [0.2, 0.25) is 0 Å². The average molecular weight is 303 g/mol. The molecule has 0 aromatic heterocycles. The number of aliphatic hydroxyl groups is 1. The zero-order chi connectivity index (χ0) is 15.5.